The van der Waals surface area contributed by atoms with E-state index in [9.17, 15) is 4.79 Å². The first-order valence-corrected chi connectivity index (χ1v) is 7.09. The molecule has 0 aliphatic carbocycles. The molecule has 2 heterocycles. The molecule has 90 valence electrons. The summed E-state index contributed by atoms with van der Waals surface area (Å²) in [6.45, 7) is 0.401. The van der Waals surface area contributed by atoms with E-state index in [1.165, 1.54) is 11.2 Å². The number of thiophene rings is 1. The number of nitrogens with one attached hydrogen (secondary N) is 2. The number of thioether (sulfide) groups is 1. The summed E-state index contributed by atoms with van der Waals surface area (Å²) in [5, 5.41) is 11.2. The van der Waals surface area contributed by atoms with E-state index in [-0.39, 0.29) is 5.91 Å². The molecule has 7 heteroatoms. The summed E-state index contributed by atoms with van der Waals surface area (Å²) in [7, 11) is 0. The fourth-order valence-electron chi connectivity index (χ4n) is 1.19. The molecule has 0 unspecified atom stereocenters. The highest BCUT2D eigenvalue weighted by atomic mass is 32.2. The maximum Gasteiger partial charge on any atom is 0.230 e. The Morgan fingerprint density at radius 1 is 1.59 bits per heavy atom. The van der Waals surface area contributed by atoms with Crippen LogP contribution >= 0.6 is 23.1 Å². The third kappa shape index (κ3) is 4.20. The van der Waals surface area contributed by atoms with E-state index in [0.29, 0.717) is 18.1 Å². The standard InChI is InChI=1S/C10H12N4OS2/c15-10(11-4-9-12-7-13-14-9)6-16-5-8-2-1-3-17-8/h1-3,7H,4-6H2,(H,11,15)(H,12,13,14). The average Bonchev–Trinajstić information content (AvgIpc) is 2.99. The second-order valence-corrected chi connectivity index (χ2v) is 5.30. The third-order valence-corrected chi connectivity index (χ3v) is 4.02. The molecular formula is C10H12N4OS2. The van der Waals surface area contributed by atoms with Crippen molar-refractivity contribution in [3.8, 4) is 0 Å². The van der Waals surface area contributed by atoms with Crippen LogP contribution in [0, 0.1) is 0 Å². The van der Waals surface area contributed by atoms with Crippen LogP contribution in [0.5, 0.6) is 0 Å². The lowest BCUT2D eigenvalue weighted by molar-refractivity contribution is -0.118. The monoisotopic (exact) mass is 268 g/mol. The molecule has 0 saturated heterocycles. The molecule has 0 bridgehead atoms. The Bertz CT molecular complexity index is 441. The zero-order chi connectivity index (χ0) is 11.9. The Balaban J connectivity index is 1.61. The Labute approximate surface area is 107 Å². The van der Waals surface area contributed by atoms with Crippen LogP contribution in [0.3, 0.4) is 0 Å². The minimum atomic E-state index is 0.0166. The number of amides is 1. The van der Waals surface area contributed by atoms with Crippen molar-refractivity contribution in [2.45, 2.75) is 12.3 Å². The van der Waals surface area contributed by atoms with Crippen molar-refractivity contribution in [3.63, 3.8) is 0 Å². The van der Waals surface area contributed by atoms with E-state index in [0.717, 1.165) is 5.75 Å². The smallest absolute Gasteiger partial charge is 0.230 e. The number of carbonyl (C=O) groups excluding carboxylic acids is 1. The van der Waals surface area contributed by atoms with Crippen LogP contribution in [0.2, 0.25) is 0 Å². The van der Waals surface area contributed by atoms with Crippen LogP contribution in [0.25, 0.3) is 0 Å². The highest BCUT2D eigenvalue weighted by molar-refractivity contribution is 7.99. The van der Waals surface area contributed by atoms with Gasteiger partial charge in [-0.3, -0.25) is 9.89 Å². The molecule has 17 heavy (non-hydrogen) atoms. The zero-order valence-corrected chi connectivity index (χ0v) is 10.7. The number of H-pyrrole nitrogens is 1. The van der Waals surface area contributed by atoms with Crippen molar-refractivity contribution in [3.05, 3.63) is 34.5 Å². The van der Waals surface area contributed by atoms with E-state index in [1.807, 2.05) is 11.4 Å². The SMILES string of the molecule is O=C(CSCc1cccs1)NCc1ncn[nH]1. The minimum Gasteiger partial charge on any atom is -0.348 e. The molecule has 2 aromatic heterocycles. The highest BCUT2D eigenvalue weighted by Gasteiger charge is 2.03. The predicted molar refractivity (Wildman–Crippen MR) is 68.7 cm³/mol. The maximum atomic E-state index is 11.5. The molecular weight excluding hydrogens is 256 g/mol. The number of hydrogen-bond donors (Lipinski definition) is 2. The lowest BCUT2D eigenvalue weighted by Crippen LogP contribution is -2.25. The van der Waals surface area contributed by atoms with E-state index < -0.39 is 0 Å². The molecule has 2 aromatic rings. The number of nitrogens with zero attached hydrogens (tertiary/aromatic N) is 2. The van der Waals surface area contributed by atoms with Crippen molar-refractivity contribution in [2.75, 3.05) is 5.75 Å². The van der Waals surface area contributed by atoms with E-state index in [1.54, 1.807) is 23.1 Å². The van der Waals surface area contributed by atoms with Gasteiger partial charge in [0.1, 0.15) is 12.2 Å². The number of rotatable bonds is 6. The topological polar surface area (TPSA) is 70.7 Å². The molecule has 0 saturated carbocycles. The molecule has 0 atom stereocenters. The van der Waals surface area contributed by atoms with Gasteiger partial charge in [-0.1, -0.05) is 6.07 Å². The number of aromatic nitrogens is 3. The Morgan fingerprint density at radius 2 is 2.53 bits per heavy atom. The van der Waals surface area contributed by atoms with E-state index in [4.69, 9.17) is 0 Å². The summed E-state index contributed by atoms with van der Waals surface area (Å²) >= 11 is 3.32. The van der Waals surface area contributed by atoms with Crippen molar-refractivity contribution in [1.82, 2.24) is 20.5 Å². The first kappa shape index (κ1) is 12.1. The Kier molecular flexibility index (Phi) is 4.57. The van der Waals surface area contributed by atoms with Gasteiger partial charge in [0.15, 0.2) is 0 Å². The summed E-state index contributed by atoms with van der Waals surface area (Å²) in [5.74, 6) is 2.03. The summed E-state index contributed by atoms with van der Waals surface area (Å²) in [5.41, 5.74) is 0. The zero-order valence-electron chi connectivity index (χ0n) is 9.05. The molecule has 0 radical (unpaired) electrons. The molecule has 5 nitrogen and oxygen atoms in total. The van der Waals surface area contributed by atoms with Gasteiger partial charge in [-0.25, -0.2) is 4.98 Å². The molecule has 0 aliphatic heterocycles. The molecule has 0 fully saturated rings. The third-order valence-electron chi connectivity index (χ3n) is 1.98. The summed E-state index contributed by atoms with van der Waals surface area (Å²) in [4.78, 5) is 16.7. The molecule has 0 aromatic carbocycles. The summed E-state index contributed by atoms with van der Waals surface area (Å²) in [6, 6.07) is 4.09. The largest absolute Gasteiger partial charge is 0.348 e. The van der Waals surface area contributed by atoms with Gasteiger partial charge in [0, 0.05) is 10.6 Å². The van der Waals surface area contributed by atoms with Crippen molar-refractivity contribution in [1.29, 1.82) is 0 Å². The molecule has 1 amide bonds. The second kappa shape index (κ2) is 6.41. The van der Waals surface area contributed by atoms with Gasteiger partial charge in [-0.15, -0.1) is 23.1 Å². The molecule has 0 aliphatic rings. The normalized spacial score (nSPS) is 10.4. The highest BCUT2D eigenvalue weighted by Crippen LogP contribution is 2.16. The summed E-state index contributed by atoms with van der Waals surface area (Å²) < 4.78 is 0. The Hall–Kier alpha value is -1.34. The quantitative estimate of drug-likeness (QED) is 0.831. The number of carbonyl (C=O) groups is 1. The van der Waals surface area contributed by atoms with Gasteiger partial charge >= 0.3 is 0 Å². The summed E-state index contributed by atoms with van der Waals surface area (Å²) in [6.07, 6.45) is 1.42. The first-order valence-electron chi connectivity index (χ1n) is 5.05. The number of hydrogen-bond acceptors (Lipinski definition) is 5. The second-order valence-electron chi connectivity index (χ2n) is 3.28. The van der Waals surface area contributed by atoms with Crippen LogP contribution in [-0.4, -0.2) is 26.8 Å². The van der Waals surface area contributed by atoms with Gasteiger partial charge in [-0.05, 0) is 11.4 Å². The first-order chi connectivity index (χ1) is 8.34. The van der Waals surface area contributed by atoms with Crippen LogP contribution in [0.15, 0.2) is 23.8 Å². The van der Waals surface area contributed by atoms with Gasteiger partial charge < -0.3 is 5.32 Å². The predicted octanol–water partition coefficient (Wildman–Crippen LogP) is 1.42. The maximum absolute atomic E-state index is 11.5. The minimum absolute atomic E-state index is 0.0166. The average molecular weight is 268 g/mol. The van der Waals surface area contributed by atoms with Crippen LogP contribution < -0.4 is 5.32 Å². The van der Waals surface area contributed by atoms with Crippen molar-refractivity contribution >= 4 is 29.0 Å². The van der Waals surface area contributed by atoms with Crippen molar-refractivity contribution in [2.24, 2.45) is 0 Å². The van der Waals surface area contributed by atoms with Crippen LogP contribution in [0.4, 0.5) is 0 Å². The van der Waals surface area contributed by atoms with E-state index in [2.05, 4.69) is 26.6 Å². The van der Waals surface area contributed by atoms with Crippen molar-refractivity contribution < 1.29 is 4.79 Å². The van der Waals surface area contributed by atoms with Gasteiger partial charge in [0.25, 0.3) is 0 Å². The van der Waals surface area contributed by atoms with Crippen LogP contribution in [0.1, 0.15) is 10.7 Å². The Morgan fingerprint density at radius 3 is 3.24 bits per heavy atom. The molecule has 2 rings (SSSR count). The van der Waals surface area contributed by atoms with E-state index >= 15 is 0 Å². The van der Waals surface area contributed by atoms with Gasteiger partial charge in [0.05, 0.1) is 12.3 Å². The molecule has 2 N–H and O–H groups in total. The number of aromatic amines is 1. The van der Waals surface area contributed by atoms with Crippen LogP contribution in [-0.2, 0) is 17.1 Å². The lowest BCUT2D eigenvalue weighted by atomic mass is 10.5. The fourth-order valence-corrected chi connectivity index (χ4v) is 2.89. The van der Waals surface area contributed by atoms with Gasteiger partial charge in [-0.2, -0.15) is 5.10 Å². The van der Waals surface area contributed by atoms with Gasteiger partial charge in [0.2, 0.25) is 5.91 Å². The molecule has 0 spiro atoms. The fraction of sp³-hybridized carbons (Fsp3) is 0.300. The lowest BCUT2D eigenvalue weighted by Gasteiger charge is -2.02.